The summed E-state index contributed by atoms with van der Waals surface area (Å²) in [5, 5.41) is 0. The Morgan fingerprint density at radius 2 is 2.22 bits per heavy atom. The quantitative estimate of drug-likeness (QED) is 0.880. The van der Waals surface area contributed by atoms with E-state index < -0.39 is 0 Å². The lowest BCUT2D eigenvalue weighted by Gasteiger charge is -2.23. The number of nitrogens with two attached hydrogens (primary N) is 1. The normalized spacial score (nSPS) is 20.7. The molecule has 2 unspecified atom stereocenters. The summed E-state index contributed by atoms with van der Waals surface area (Å²) in [5.41, 5.74) is 8.87. The fraction of sp³-hybridized carbons (Fsp3) is 0.467. The molecule has 3 rings (SSSR count). The van der Waals surface area contributed by atoms with Gasteiger partial charge in [-0.1, -0.05) is 0 Å². The van der Waals surface area contributed by atoms with Crippen molar-refractivity contribution in [3.8, 4) is 0 Å². The zero-order valence-electron chi connectivity index (χ0n) is 11.0. The van der Waals surface area contributed by atoms with Crippen LogP contribution in [0.2, 0.25) is 0 Å². The van der Waals surface area contributed by atoms with E-state index in [0.29, 0.717) is 0 Å². The summed E-state index contributed by atoms with van der Waals surface area (Å²) < 4.78 is 8.05. The van der Waals surface area contributed by atoms with Gasteiger partial charge in [0.1, 0.15) is 11.5 Å². The van der Waals surface area contributed by atoms with Crippen molar-refractivity contribution in [1.29, 1.82) is 0 Å². The van der Waals surface area contributed by atoms with E-state index in [9.17, 15) is 0 Å². The Bertz CT molecular complexity index is 553. The third-order valence-electron chi connectivity index (χ3n) is 3.98. The van der Waals surface area contributed by atoms with E-state index in [2.05, 4.69) is 29.8 Å². The van der Waals surface area contributed by atoms with Gasteiger partial charge in [0.15, 0.2) is 0 Å². The van der Waals surface area contributed by atoms with Gasteiger partial charge in [0.2, 0.25) is 0 Å². The smallest absolute Gasteiger partial charge is 0.126 e. The molecule has 0 saturated carbocycles. The predicted molar refractivity (Wildman–Crippen MR) is 71.6 cm³/mol. The lowest BCUT2D eigenvalue weighted by atomic mass is 9.93. The maximum Gasteiger partial charge on any atom is 0.126 e. The lowest BCUT2D eigenvalue weighted by molar-refractivity contribution is 0.419. The summed E-state index contributed by atoms with van der Waals surface area (Å²) in [6, 6.07) is 6.71. The average molecular weight is 244 g/mol. The van der Waals surface area contributed by atoms with Crippen LogP contribution < -0.4 is 5.73 Å². The van der Waals surface area contributed by atoms with Crippen LogP contribution in [0.5, 0.6) is 0 Å². The van der Waals surface area contributed by atoms with E-state index in [0.717, 1.165) is 24.4 Å². The van der Waals surface area contributed by atoms with Crippen molar-refractivity contribution in [2.45, 2.75) is 45.2 Å². The first kappa shape index (κ1) is 11.6. The number of fused-ring (bicyclic) bond motifs is 1. The second-order valence-electron chi connectivity index (χ2n) is 5.25. The van der Waals surface area contributed by atoms with Gasteiger partial charge >= 0.3 is 0 Å². The van der Waals surface area contributed by atoms with Crippen LogP contribution in [0, 0.1) is 6.92 Å². The number of nitrogens with zero attached hydrogens (tertiary/aromatic N) is 1. The molecule has 2 aromatic heterocycles. The largest absolute Gasteiger partial charge is 0.464 e. The molecule has 96 valence electrons. The van der Waals surface area contributed by atoms with Crippen LogP contribution >= 0.6 is 0 Å². The Morgan fingerprint density at radius 3 is 2.94 bits per heavy atom. The lowest BCUT2D eigenvalue weighted by Crippen LogP contribution is -2.19. The van der Waals surface area contributed by atoms with Crippen molar-refractivity contribution in [1.82, 2.24) is 4.57 Å². The van der Waals surface area contributed by atoms with Crippen molar-refractivity contribution in [3.63, 3.8) is 0 Å². The molecule has 3 nitrogen and oxygen atoms in total. The van der Waals surface area contributed by atoms with Gasteiger partial charge in [0.05, 0.1) is 6.04 Å². The van der Waals surface area contributed by atoms with E-state index in [4.69, 9.17) is 10.2 Å². The van der Waals surface area contributed by atoms with Crippen molar-refractivity contribution >= 4 is 0 Å². The summed E-state index contributed by atoms with van der Waals surface area (Å²) in [7, 11) is 0. The molecule has 2 aromatic rings. The summed E-state index contributed by atoms with van der Waals surface area (Å²) in [6.07, 6.45) is 5.56. The first-order valence-corrected chi connectivity index (χ1v) is 6.68. The Hall–Kier alpha value is -1.48. The van der Waals surface area contributed by atoms with Crippen LogP contribution in [0.1, 0.15) is 54.6 Å². The summed E-state index contributed by atoms with van der Waals surface area (Å²) in [6.45, 7) is 4.16. The molecule has 2 atom stereocenters. The van der Waals surface area contributed by atoms with Crippen LogP contribution in [0.25, 0.3) is 0 Å². The molecule has 0 aliphatic heterocycles. The molecule has 18 heavy (non-hydrogen) atoms. The first-order chi connectivity index (χ1) is 8.66. The van der Waals surface area contributed by atoms with E-state index >= 15 is 0 Å². The molecule has 1 aliphatic carbocycles. The van der Waals surface area contributed by atoms with Crippen LogP contribution in [0.4, 0.5) is 0 Å². The zero-order valence-corrected chi connectivity index (χ0v) is 11.0. The number of rotatable bonds is 2. The molecule has 0 bridgehead atoms. The average Bonchev–Trinajstić information content (AvgIpc) is 2.95. The Morgan fingerprint density at radius 1 is 1.39 bits per heavy atom. The van der Waals surface area contributed by atoms with Crippen LogP contribution in [0.3, 0.4) is 0 Å². The SMILES string of the molecule is Cc1ccc(C(C)n2ccc3c2CCCC3N)o1. The van der Waals surface area contributed by atoms with Crippen LogP contribution in [0.15, 0.2) is 28.8 Å². The van der Waals surface area contributed by atoms with E-state index in [1.165, 1.54) is 17.7 Å². The van der Waals surface area contributed by atoms with Gasteiger partial charge in [0, 0.05) is 17.9 Å². The fourth-order valence-electron chi connectivity index (χ4n) is 2.93. The monoisotopic (exact) mass is 244 g/mol. The van der Waals surface area contributed by atoms with Crippen molar-refractivity contribution < 1.29 is 4.42 Å². The molecule has 2 N–H and O–H groups in total. The molecule has 0 fully saturated rings. The molecule has 0 radical (unpaired) electrons. The summed E-state index contributed by atoms with van der Waals surface area (Å²) >= 11 is 0. The van der Waals surface area contributed by atoms with Crippen molar-refractivity contribution in [2.75, 3.05) is 0 Å². The number of furan rings is 1. The zero-order chi connectivity index (χ0) is 12.7. The van der Waals surface area contributed by atoms with E-state index in [-0.39, 0.29) is 12.1 Å². The molecule has 0 saturated heterocycles. The molecule has 0 aromatic carbocycles. The molecule has 0 spiro atoms. The van der Waals surface area contributed by atoms with Crippen LogP contribution in [-0.4, -0.2) is 4.57 Å². The molecule has 3 heteroatoms. The van der Waals surface area contributed by atoms with Gasteiger partial charge in [0.25, 0.3) is 0 Å². The molecule has 2 heterocycles. The minimum absolute atomic E-state index is 0.209. The highest BCUT2D eigenvalue weighted by Gasteiger charge is 2.23. The predicted octanol–water partition coefficient (Wildman–Crippen LogP) is 3.33. The number of hydrogen-bond acceptors (Lipinski definition) is 2. The Balaban J connectivity index is 1.97. The van der Waals surface area contributed by atoms with E-state index in [1.807, 2.05) is 13.0 Å². The number of aromatic nitrogens is 1. The first-order valence-electron chi connectivity index (χ1n) is 6.68. The minimum Gasteiger partial charge on any atom is -0.464 e. The third-order valence-corrected chi connectivity index (χ3v) is 3.98. The van der Waals surface area contributed by atoms with Gasteiger partial charge < -0.3 is 14.7 Å². The van der Waals surface area contributed by atoms with Crippen LogP contribution in [-0.2, 0) is 6.42 Å². The maximum absolute atomic E-state index is 6.17. The van der Waals surface area contributed by atoms with Gasteiger partial charge in [-0.2, -0.15) is 0 Å². The highest BCUT2D eigenvalue weighted by Crippen LogP contribution is 2.32. The van der Waals surface area contributed by atoms with Gasteiger partial charge in [-0.05, 0) is 56.9 Å². The third kappa shape index (κ3) is 1.79. The highest BCUT2D eigenvalue weighted by molar-refractivity contribution is 5.30. The Labute approximate surface area is 108 Å². The van der Waals surface area contributed by atoms with Crippen molar-refractivity contribution in [3.05, 3.63) is 47.2 Å². The number of aryl methyl sites for hydroxylation is 1. The van der Waals surface area contributed by atoms with Gasteiger partial charge in [-0.3, -0.25) is 0 Å². The maximum atomic E-state index is 6.17. The molecule has 0 amide bonds. The fourth-order valence-corrected chi connectivity index (χ4v) is 2.93. The standard InChI is InChI=1S/C15H20N2O/c1-10-6-7-15(18-10)11(2)17-9-8-12-13(16)4-3-5-14(12)17/h6-9,11,13H,3-5,16H2,1-2H3. The minimum atomic E-state index is 0.209. The second kappa shape index (κ2) is 4.32. The van der Waals surface area contributed by atoms with E-state index in [1.54, 1.807) is 0 Å². The topological polar surface area (TPSA) is 44.1 Å². The second-order valence-corrected chi connectivity index (χ2v) is 5.25. The molecular weight excluding hydrogens is 224 g/mol. The molecular formula is C15H20N2O. The van der Waals surface area contributed by atoms with Crippen molar-refractivity contribution in [2.24, 2.45) is 5.73 Å². The van der Waals surface area contributed by atoms with Gasteiger partial charge in [-0.15, -0.1) is 0 Å². The Kier molecular flexibility index (Phi) is 2.78. The molecule has 1 aliphatic rings. The number of hydrogen-bond donors (Lipinski definition) is 1. The summed E-state index contributed by atoms with van der Waals surface area (Å²) in [5.74, 6) is 1.99. The highest BCUT2D eigenvalue weighted by atomic mass is 16.3. The van der Waals surface area contributed by atoms with Gasteiger partial charge in [-0.25, -0.2) is 0 Å². The summed E-state index contributed by atoms with van der Waals surface area (Å²) in [4.78, 5) is 0.